The molecule has 0 aliphatic carbocycles. The molecule has 0 bridgehead atoms. The molecule has 1 heterocycles. The Morgan fingerprint density at radius 2 is 2.24 bits per heavy atom. The van der Waals surface area contributed by atoms with Crippen molar-refractivity contribution in [3.05, 3.63) is 23.6 Å². The van der Waals surface area contributed by atoms with Gasteiger partial charge in [-0.1, -0.05) is 18.9 Å². The van der Waals surface area contributed by atoms with E-state index in [0.29, 0.717) is 5.88 Å². The minimum absolute atomic E-state index is 0.0588. The summed E-state index contributed by atoms with van der Waals surface area (Å²) >= 11 is 1.31. The van der Waals surface area contributed by atoms with Crippen molar-refractivity contribution >= 4 is 11.9 Å². The van der Waals surface area contributed by atoms with Gasteiger partial charge in [0.1, 0.15) is 5.82 Å². The van der Waals surface area contributed by atoms with Gasteiger partial charge in [-0.3, -0.25) is 5.14 Å². The van der Waals surface area contributed by atoms with E-state index in [4.69, 9.17) is 9.88 Å². The summed E-state index contributed by atoms with van der Waals surface area (Å²) in [6.45, 7) is 6.15. The molecule has 3 nitrogen and oxygen atoms in total. The lowest BCUT2D eigenvalue weighted by Gasteiger charge is -2.26. The van der Waals surface area contributed by atoms with Gasteiger partial charge in [-0.25, -0.2) is 9.37 Å². The maximum Gasteiger partial charge on any atom is 0.216 e. The van der Waals surface area contributed by atoms with E-state index in [2.05, 4.69) is 18.8 Å². The monoisotopic (exact) mass is 258 g/mol. The Balaban J connectivity index is 2.95. The fraction of sp³-hybridized carbons (Fsp3) is 0.583. The molecule has 1 atom stereocenters. The van der Waals surface area contributed by atoms with E-state index in [1.165, 1.54) is 18.0 Å². The number of nitrogens with two attached hydrogens (primary N) is 1. The molecule has 1 rings (SSSR count). The number of halogens is 1. The molecule has 1 aromatic rings. The fourth-order valence-electron chi connectivity index (χ4n) is 1.86. The van der Waals surface area contributed by atoms with Crippen LogP contribution >= 0.6 is 11.9 Å². The molecule has 5 heteroatoms. The number of nitrogens with zero attached hydrogens (tertiary/aromatic N) is 1. The summed E-state index contributed by atoms with van der Waals surface area (Å²) in [7, 11) is 1.54. The SMILES string of the molecule is COc1ncc(F)cc1[C@H](C)CC(C)(C)SN. The Morgan fingerprint density at radius 1 is 1.59 bits per heavy atom. The first-order valence-electron chi connectivity index (χ1n) is 5.47. The van der Waals surface area contributed by atoms with Gasteiger partial charge in [0.15, 0.2) is 0 Å². The van der Waals surface area contributed by atoms with Crippen molar-refractivity contribution in [2.45, 2.75) is 37.9 Å². The van der Waals surface area contributed by atoms with Crippen LogP contribution in [0, 0.1) is 5.82 Å². The van der Waals surface area contributed by atoms with Gasteiger partial charge in [0.2, 0.25) is 5.88 Å². The third-order valence-electron chi connectivity index (χ3n) is 2.69. The average molecular weight is 258 g/mol. The lowest BCUT2D eigenvalue weighted by Crippen LogP contribution is -2.20. The van der Waals surface area contributed by atoms with Crippen LogP contribution in [0.2, 0.25) is 0 Å². The van der Waals surface area contributed by atoms with E-state index in [1.807, 2.05) is 6.92 Å². The second-order valence-corrected chi connectivity index (χ2v) is 6.08. The highest BCUT2D eigenvalue weighted by Crippen LogP contribution is 2.35. The summed E-state index contributed by atoms with van der Waals surface area (Å²) in [6, 6.07) is 1.48. The Morgan fingerprint density at radius 3 is 2.76 bits per heavy atom. The molecule has 1 aromatic heterocycles. The van der Waals surface area contributed by atoms with Gasteiger partial charge in [-0.05, 0) is 32.3 Å². The average Bonchev–Trinajstić information content (AvgIpc) is 2.28. The van der Waals surface area contributed by atoms with Crippen molar-refractivity contribution in [1.82, 2.24) is 4.98 Å². The predicted molar refractivity (Wildman–Crippen MR) is 69.6 cm³/mol. The first-order valence-corrected chi connectivity index (χ1v) is 6.35. The number of aromatic nitrogens is 1. The van der Waals surface area contributed by atoms with Crippen LogP contribution in [0.3, 0.4) is 0 Å². The second-order valence-electron chi connectivity index (χ2n) is 4.73. The van der Waals surface area contributed by atoms with E-state index in [9.17, 15) is 4.39 Å². The number of ether oxygens (including phenoxy) is 1. The van der Waals surface area contributed by atoms with Crippen LogP contribution in [0.4, 0.5) is 4.39 Å². The largest absolute Gasteiger partial charge is 0.481 e. The van der Waals surface area contributed by atoms with Gasteiger partial charge in [-0.15, -0.1) is 0 Å². The van der Waals surface area contributed by atoms with Crippen LogP contribution in [-0.2, 0) is 0 Å². The molecule has 0 fully saturated rings. The molecule has 0 amide bonds. The van der Waals surface area contributed by atoms with E-state index >= 15 is 0 Å². The smallest absolute Gasteiger partial charge is 0.216 e. The molecule has 0 aromatic carbocycles. The van der Waals surface area contributed by atoms with Crippen molar-refractivity contribution in [3.8, 4) is 5.88 Å². The summed E-state index contributed by atoms with van der Waals surface area (Å²) in [6.07, 6.45) is 1.99. The van der Waals surface area contributed by atoms with Crippen molar-refractivity contribution < 1.29 is 9.13 Å². The van der Waals surface area contributed by atoms with E-state index < -0.39 is 0 Å². The quantitative estimate of drug-likeness (QED) is 0.824. The zero-order chi connectivity index (χ0) is 13.1. The summed E-state index contributed by atoms with van der Waals surface area (Å²) in [5.41, 5.74) is 0.787. The highest BCUT2D eigenvalue weighted by molar-refractivity contribution is 7.98. The molecular weight excluding hydrogens is 239 g/mol. The van der Waals surface area contributed by atoms with Crippen LogP contribution in [0.15, 0.2) is 12.3 Å². The molecule has 0 saturated heterocycles. The Bertz CT molecular complexity index is 385. The second kappa shape index (κ2) is 5.69. The molecule has 0 aliphatic rings. The maximum atomic E-state index is 13.2. The topological polar surface area (TPSA) is 48.1 Å². The van der Waals surface area contributed by atoms with Crippen molar-refractivity contribution in [3.63, 3.8) is 0 Å². The fourth-order valence-corrected chi connectivity index (χ4v) is 2.21. The zero-order valence-electron chi connectivity index (χ0n) is 10.7. The Hall–Kier alpha value is -0.810. The first-order chi connectivity index (χ1) is 7.89. The van der Waals surface area contributed by atoms with Gasteiger partial charge >= 0.3 is 0 Å². The summed E-state index contributed by atoms with van der Waals surface area (Å²) < 4.78 is 18.3. The van der Waals surface area contributed by atoms with Crippen LogP contribution in [0.5, 0.6) is 5.88 Å². The predicted octanol–water partition coefficient (Wildman–Crippen LogP) is 3.11. The third kappa shape index (κ3) is 3.85. The summed E-state index contributed by atoms with van der Waals surface area (Å²) in [5.74, 6) is 0.279. The number of pyridine rings is 1. The Kier molecular flexibility index (Phi) is 4.77. The number of hydrogen-bond donors (Lipinski definition) is 1. The van der Waals surface area contributed by atoms with Crippen LogP contribution in [0.25, 0.3) is 0 Å². The first kappa shape index (κ1) is 14.3. The molecule has 0 spiro atoms. The highest BCUT2D eigenvalue weighted by atomic mass is 32.2. The van der Waals surface area contributed by atoms with Crippen molar-refractivity contribution in [2.75, 3.05) is 7.11 Å². The van der Waals surface area contributed by atoms with E-state index in [-0.39, 0.29) is 16.5 Å². The highest BCUT2D eigenvalue weighted by Gasteiger charge is 2.24. The third-order valence-corrected chi connectivity index (χ3v) is 3.49. The summed E-state index contributed by atoms with van der Waals surface area (Å²) in [4.78, 5) is 3.94. The van der Waals surface area contributed by atoms with Gasteiger partial charge in [-0.2, -0.15) is 0 Å². The lowest BCUT2D eigenvalue weighted by atomic mass is 9.92. The zero-order valence-corrected chi connectivity index (χ0v) is 11.5. The molecule has 17 heavy (non-hydrogen) atoms. The minimum Gasteiger partial charge on any atom is -0.481 e. The number of methoxy groups -OCH3 is 1. The minimum atomic E-state index is -0.342. The molecular formula is C12H19FN2OS. The van der Waals surface area contributed by atoms with Crippen molar-refractivity contribution in [2.24, 2.45) is 5.14 Å². The molecule has 2 N–H and O–H groups in total. The molecule has 96 valence electrons. The number of rotatable bonds is 5. The van der Waals surface area contributed by atoms with Gasteiger partial charge < -0.3 is 4.74 Å². The molecule has 0 saturated carbocycles. The number of hydrogen-bond acceptors (Lipinski definition) is 4. The van der Waals surface area contributed by atoms with Crippen LogP contribution < -0.4 is 9.88 Å². The lowest BCUT2D eigenvalue weighted by molar-refractivity contribution is 0.383. The van der Waals surface area contributed by atoms with Crippen LogP contribution in [-0.4, -0.2) is 16.8 Å². The maximum absolute atomic E-state index is 13.2. The van der Waals surface area contributed by atoms with Crippen LogP contribution in [0.1, 0.15) is 38.7 Å². The Labute approximate surface area is 106 Å². The van der Waals surface area contributed by atoms with Gasteiger partial charge in [0.25, 0.3) is 0 Å². The normalized spacial score (nSPS) is 13.5. The van der Waals surface area contributed by atoms with E-state index in [0.717, 1.165) is 18.2 Å². The summed E-state index contributed by atoms with van der Waals surface area (Å²) in [5, 5.41) is 5.63. The molecule has 0 unspecified atom stereocenters. The molecule has 0 aliphatic heterocycles. The standard InChI is InChI=1S/C12H19FN2OS/c1-8(6-12(2,3)17-14)10-5-9(13)7-15-11(10)16-4/h5,7-8H,6,14H2,1-4H3/t8-/m1/s1. The van der Waals surface area contributed by atoms with Crippen molar-refractivity contribution in [1.29, 1.82) is 0 Å². The van der Waals surface area contributed by atoms with Gasteiger partial charge in [0.05, 0.1) is 13.3 Å². The molecule has 0 radical (unpaired) electrons. The van der Waals surface area contributed by atoms with Gasteiger partial charge in [0, 0.05) is 10.3 Å². The van der Waals surface area contributed by atoms with E-state index in [1.54, 1.807) is 7.11 Å².